The van der Waals surface area contributed by atoms with Crippen molar-refractivity contribution >= 4 is 18.3 Å². The fourth-order valence-electron chi connectivity index (χ4n) is 2.71. The molecule has 0 unspecified atom stereocenters. The SMILES string of the molecule is COc1ccc(COc2ccc(B3OC(C)(C)C(C)(C)O3)cc2N)cc1. The first-order valence-corrected chi connectivity index (χ1v) is 8.73. The van der Waals surface area contributed by atoms with E-state index in [1.54, 1.807) is 7.11 Å². The molecule has 0 saturated carbocycles. The van der Waals surface area contributed by atoms with Gasteiger partial charge in [0.25, 0.3) is 0 Å². The second kappa shape index (κ2) is 6.85. The minimum Gasteiger partial charge on any atom is -0.497 e. The molecule has 1 heterocycles. The van der Waals surface area contributed by atoms with E-state index in [4.69, 9.17) is 24.5 Å². The van der Waals surface area contributed by atoms with Crippen LogP contribution in [0.3, 0.4) is 0 Å². The Kier molecular flexibility index (Phi) is 4.91. The summed E-state index contributed by atoms with van der Waals surface area (Å²) in [5.41, 5.74) is 7.91. The Balaban J connectivity index is 1.68. The van der Waals surface area contributed by atoms with Crippen molar-refractivity contribution in [2.24, 2.45) is 0 Å². The van der Waals surface area contributed by atoms with Gasteiger partial charge in [0.15, 0.2) is 0 Å². The lowest BCUT2D eigenvalue weighted by Crippen LogP contribution is -2.41. The molecule has 0 aliphatic carbocycles. The predicted octanol–water partition coefficient (Wildman–Crippen LogP) is 3.16. The molecule has 0 bridgehead atoms. The zero-order valence-electron chi connectivity index (χ0n) is 16.0. The summed E-state index contributed by atoms with van der Waals surface area (Å²) in [4.78, 5) is 0. The van der Waals surface area contributed by atoms with Gasteiger partial charge in [-0.25, -0.2) is 0 Å². The highest BCUT2D eigenvalue weighted by Gasteiger charge is 2.51. The van der Waals surface area contributed by atoms with E-state index in [2.05, 4.69) is 0 Å². The van der Waals surface area contributed by atoms with Gasteiger partial charge in [0, 0.05) is 0 Å². The van der Waals surface area contributed by atoms with E-state index in [0.29, 0.717) is 18.0 Å². The molecule has 2 N–H and O–H groups in total. The normalized spacial score (nSPS) is 18.0. The molecule has 5 nitrogen and oxygen atoms in total. The van der Waals surface area contributed by atoms with E-state index in [1.165, 1.54) is 0 Å². The predicted molar refractivity (Wildman–Crippen MR) is 104 cm³/mol. The Morgan fingerprint density at radius 3 is 2.12 bits per heavy atom. The molecule has 6 heteroatoms. The lowest BCUT2D eigenvalue weighted by Gasteiger charge is -2.32. The second-order valence-corrected chi connectivity index (χ2v) is 7.52. The first kappa shape index (κ1) is 18.6. The van der Waals surface area contributed by atoms with Gasteiger partial charge in [-0.15, -0.1) is 0 Å². The van der Waals surface area contributed by atoms with Gasteiger partial charge in [-0.2, -0.15) is 0 Å². The molecule has 1 saturated heterocycles. The lowest BCUT2D eigenvalue weighted by atomic mass is 9.79. The molecule has 26 heavy (non-hydrogen) atoms. The Hall–Kier alpha value is -2.18. The van der Waals surface area contributed by atoms with E-state index in [0.717, 1.165) is 16.8 Å². The number of anilines is 1. The van der Waals surface area contributed by atoms with E-state index in [9.17, 15) is 0 Å². The van der Waals surface area contributed by atoms with E-state index >= 15 is 0 Å². The van der Waals surface area contributed by atoms with Crippen LogP contribution in [-0.4, -0.2) is 25.4 Å². The van der Waals surface area contributed by atoms with Crippen LogP contribution in [0, 0.1) is 0 Å². The van der Waals surface area contributed by atoms with Crippen molar-refractivity contribution in [3.8, 4) is 11.5 Å². The average molecular weight is 355 g/mol. The number of ether oxygens (including phenoxy) is 2. The Bertz CT molecular complexity index is 758. The Labute approximate surface area is 155 Å². The van der Waals surface area contributed by atoms with E-state index < -0.39 is 7.12 Å². The number of nitrogens with two attached hydrogens (primary N) is 1. The lowest BCUT2D eigenvalue weighted by molar-refractivity contribution is 0.00578. The highest BCUT2D eigenvalue weighted by Crippen LogP contribution is 2.36. The molecule has 0 spiro atoms. The smallest absolute Gasteiger partial charge is 0.494 e. The number of hydrogen-bond acceptors (Lipinski definition) is 5. The van der Waals surface area contributed by atoms with Gasteiger partial charge >= 0.3 is 7.12 Å². The third-order valence-electron chi connectivity index (χ3n) is 5.11. The third-order valence-corrected chi connectivity index (χ3v) is 5.11. The molecular weight excluding hydrogens is 329 g/mol. The summed E-state index contributed by atoms with van der Waals surface area (Å²) in [7, 11) is 1.21. The van der Waals surface area contributed by atoms with Crippen molar-refractivity contribution in [2.75, 3.05) is 12.8 Å². The highest BCUT2D eigenvalue weighted by molar-refractivity contribution is 6.62. The van der Waals surface area contributed by atoms with Crippen LogP contribution in [-0.2, 0) is 15.9 Å². The molecule has 3 rings (SSSR count). The van der Waals surface area contributed by atoms with Crippen LogP contribution in [0.5, 0.6) is 11.5 Å². The molecule has 0 atom stereocenters. The number of nitrogen functional groups attached to an aromatic ring is 1. The molecule has 2 aromatic rings. The topological polar surface area (TPSA) is 62.9 Å². The van der Waals surface area contributed by atoms with E-state index in [-0.39, 0.29) is 11.2 Å². The average Bonchev–Trinajstić information content (AvgIpc) is 2.82. The van der Waals surface area contributed by atoms with Crippen LogP contribution >= 0.6 is 0 Å². The van der Waals surface area contributed by atoms with Gasteiger partial charge in [-0.1, -0.05) is 18.2 Å². The first-order valence-electron chi connectivity index (χ1n) is 8.73. The quantitative estimate of drug-likeness (QED) is 0.659. The van der Waals surface area contributed by atoms with Crippen molar-refractivity contribution in [2.45, 2.75) is 45.5 Å². The number of rotatable bonds is 5. The number of methoxy groups -OCH3 is 1. The van der Waals surface area contributed by atoms with Gasteiger partial charge in [0.1, 0.15) is 18.1 Å². The molecule has 0 aromatic heterocycles. The largest absolute Gasteiger partial charge is 0.497 e. The summed E-state index contributed by atoms with van der Waals surface area (Å²) in [5.74, 6) is 1.46. The van der Waals surface area contributed by atoms with Gasteiger partial charge < -0.3 is 24.5 Å². The second-order valence-electron chi connectivity index (χ2n) is 7.52. The molecule has 1 aliphatic heterocycles. The van der Waals surface area contributed by atoms with Gasteiger partial charge in [0.05, 0.1) is 24.0 Å². The number of hydrogen-bond donors (Lipinski definition) is 1. The zero-order chi connectivity index (χ0) is 18.9. The maximum Gasteiger partial charge on any atom is 0.494 e. The standard InChI is InChI=1S/C20H26BNO4/c1-19(2)20(3,4)26-21(25-19)15-8-11-18(17(22)12-15)24-13-14-6-9-16(23-5)10-7-14/h6-12H,13,22H2,1-5H3. The van der Waals surface area contributed by atoms with Crippen LogP contribution in [0.2, 0.25) is 0 Å². The summed E-state index contributed by atoms with van der Waals surface area (Å²) in [5, 5.41) is 0. The molecule has 1 fully saturated rings. The summed E-state index contributed by atoms with van der Waals surface area (Å²) in [6.45, 7) is 8.56. The van der Waals surface area contributed by atoms with Gasteiger partial charge in [-0.3, -0.25) is 0 Å². The molecule has 2 aromatic carbocycles. The van der Waals surface area contributed by atoms with Gasteiger partial charge in [-0.05, 0) is 63.0 Å². The molecular formula is C20H26BNO4. The van der Waals surface area contributed by atoms with E-state index in [1.807, 2.05) is 70.2 Å². The Morgan fingerprint density at radius 2 is 1.58 bits per heavy atom. The van der Waals surface area contributed by atoms with Gasteiger partial charge in [0.2, 0.25) is 0 Å². The highest BCUT2D eigenvalue weighted by atomic mass is 16.7. The fourth-order valence-corrected chi connectivity index (χ4v) is 2.71. The minimum atomic E-state index is -0.432. The fraction of sp³-hybridized carbons (Fsp3) is 0.400. The summed E-state index contributed by atoms with van der Waals surface area (Å²) >= 11 is 0. The summed E-state index contributed by atoms with van der Waals surface area (Å²) in [6.07, 6.45) is 0. The van der Waals surface area contributed by atoms with Crippen molar-refractivity contribution in [3.63, 3.8) is 0 Å². The molecule has 1 aliphatic rings. The Morgan fingerprint density at radius 1 is 0.962 bits per heavy atom. The number of benzene rings is 2. The van der Waals surface area contributed by atoms with Crippen molar-refractivity contribution in [1.29, 1.82) is 0 Å². The maximum atomic E-state index is 6.18. The minimum absolute atomic E-state index is 0.379. The van der Waals surface area contributed by atoms with Crippen molar-refractivity contribution in [3.05, 3.63) is 48.0 Å². The summed E-state index contributed by atoms with van der Waals surface area (Å²) < 4.78 is 23.1. The molecule has 138 valence electrons. The van der Waals surface area contributed by atoms with Crippen LogP contribution in [0.4, 0.5) is 5.69 Å². The van der Waals surface area contributed by atoms with Crippen LogP contribution in [0.1, 0.15) is 33.3 Å². The monoisotopic (exact) mass is 355 g/mol. The maximum absolute atomic E-state index is 6.18. The van der Waals surface area contributed by atoms with Crippen molar-refractivity contribution < 1.29 is 18.8 Å². The molecule has 0 radical (unpaired) electrons. The van der Waals surface area contributed by atoms with Crippen LogP contribution in [0.25, 0.3) is 0 Å². The van der Waals surface area contributed by atoms with Crippen LogP contribution < -0.4 is 20.7 Å². The third kappa shape index (κ3) is 3.66. The summed E-state index contributed by atoms with van der Waals surface area (Å²) in [6, 6.07) is 13.4. The van der Waals surface area contributed by atoms with Crippen LogP contribution in [0.15, 0.2) is 42.5 Å². The first-order chi connectivity index (χ1) is 12.2. The van der Waals surface area contributed by atoms with Crippen molar-refractivity contribution in [1.82, 2.24) is 0 Å². The molecule has 0 amide bonds. The zero-order valence-corrected chi connectivity index (χ0v) is 16.0.